The molecule has 0 atom stereocenters. The van der Waals surface area contributed by atoms with E-state index in [1.165, 1.54) is 0 Å². The third kappa shape index (κ3) is 2.88. The third-order valence-corrected chi connectivity index (χ3v) is 2.09. The molecule has 0 aromatic carbocycles. The topological polar surface area (TPSA) is 91.2 Å². The second kappa shape index (κ2) is 5.53. The van der Waals surface area contributed by atoms with Crippen molar-refractivity contribution < 1.29 is 18.3 Å². The molecular weight excluding hydrogens is 232 g/mol. The maximum Gasteiger partial charge on any atom is 0.357 e. The van der Waals surface area contributed by atoms with Gasteiger partial charge in [-0.15, -0.1) is 0 Å². The van der Waals surface area contributed by atoms with Crippen LogP contribution in [0.2, 0.25) is 0 Å². The maximum absolute atomic E-state index is 12.7. The lowest BCUT2D eigenvalue weighted by Gasteiger charge is -2.12. The van der Waals surface area contributed by atoms with Crippen LogP contribution in [0.1, 0.15) is 35.0 Å². The Labute approximate surface area is 96.8 Å². The third-order valence-electron chi connectivity index (χ3n) is 2.09. The molecular formula is C10H13F2N3O2. The minimum atomic E-state index is -2.77. The van der Waals surface area contributed by atoms with E-state index in [-0.39, 0.29) is 35.8 Å². The molecule has 4 N–H and O–H groups in total. The molecule has 7 heteroatoms. The summed E-state index contributed by atoms with van der Waals surface area (Å²) < 4.78 is 30.2. The van der Waals surface area contributed by atoms with Gasteiger partial charge in [0.15, 0.2) is 5.69 Å². The number of rotatable bonds is 4. The quantitative estimate of drug-likeness (QED) is 0.778. The van der Waals surface area contributed by atoms with Gasteiger partial charge in [0.25, 0.3) is 6.43 Å². The van der Waals surface area contributed by atoms with Gasteiger partial charge < -0.3 is 16.2 Å². The van der Waals surface area contributed by atoms with E-state index in [0.717, 1.165) is 6.07 Å². The molecule has 0 aliphatic carbocycles. The summed E-state index contributed by atoms with van der Waals surface area (Å²) in [6.45, 7) is 1.48. The Kier molecular flexibility index (Phi) is 4.33. The number of nitrogen functional groups attached to an aromatic ring is 1. The largest absolute Gasteiger partial charge is 0.461 e. The van der Waals surface area contributed by atoms with Gasteiger partial charge in [0.2, 0.25) is 0 Å². The number of carbonyl (C=O) groups excluding carboxylic acids is 1. The van der Waals surface area contributed by atoms with Gasteiger partial charge in [0.05, 0.1) is 6.61 Å². The van der Waals surface area contributed by atoms with Gasteiger partial charge in [-0.05, 0) is 13.0 Å². The van der Waals surface area contributed by atoms with Crippen molar-refractivity contribution in [2.75, 3.05) is 12.3 Å². The van der Waals surface area contributed by atoms with Crippen molar-refractivity contribution in [2.45, 2.75) is 19.9 Å². The second-order valence-corrected chi connectivity index (χ2v) is 3.19. The number of alkyl halides is 2. The van der Waals surface area contributed by atoms with Crippen LogP contribution in [-0.4, -0.2) is 17.6 Å². The van der Waals surface area contributed by atoms with E-state index in [1.807, 2.05) is 0 Å². The molecule has 1 heterocycles. The average molecular weight is 245 g/mol. The Morgan fingerprint density at radius 1 is 1.59 bits per heavy atom. The van der Waals surface area contributed by atoms with Gasteiger partial charge >= 0.3 is 5.97 Å². The Morgan fingerprint density at radius 2 is 2.24 bits per heavy atom. The summed E-state index contributed by atoms with van der Waals surface area (Å²) in [6.07, 6.45) is -2.77. The fourth-order valence-corrected chi connectivity index (χ4v) is 1.39. The number of pyridine rings is 1. The maximum atomic E-state index is 12.7. The van der Waals surface area contributed by atoms with E-state index < -0.39 is 12.4 Å². The fourth-order valence-electron chi connectivity index (χ4n) is 1.39. The molecule has 0 fully saturated rings. The predicted molar refractivity (Wildman–Crippen MR) is 57.5 cm³/mol. The monoisotopic (exact) mass is 245 g/mol. The number of halogens is 2. The summed E-state index contributed by atoms with van der Waals surface area (Å²) in [7, 11) is 0. The molecule has 5 nitrogen and oxygen atoms in total. The van der Waals surface area contributed by atoms with E-state index in [1.54, 1.807) is 6.92 Å². The molecule has 0 amide bonds. The summed E-state index contributed by atoms with van der Waals surface area (Å²) in [5, 5.41) is 0. The number of nitrogens with two attached hydrogens (primary N) is 2. The molecule has 1 rings (SSSR count). The van der Waals surface area contributed by atoms with Crippen molar-refractivity contribution in [2.24, 2.45) is 5.73 Å². The smallest absolute Gasteiger partial charge is 0.357 e. The standard InChI is InChI=1S/C10H13F2N3O2/c1-2-17-10(16)8-6(4-13)5(9(11)12)3-7(14)15-8/h3,9H,2,4,13H2,1H3,(H2,14,15). The first-order valence-electron chi connectivity index (χ1n) is 4.95. The molecule has 0 radical (unpaired) electrons. The molecule has 1 aromatic rings. The van der Waals surface area contributed by atoms with Crippen molar-refractivity contribution in [3.8, 4) is 0 Å². The second-order valence-electron chi connectivity index (χ2n) is 3.19. The Balaban J connectivity index is 3.32. The fraction of sp³-hybridized carbons (Fsp3) is 0.400. The van der Waals surface area contributed by atoms with Crippen LogP contribution in [0.25, 0.3) is 0 Å². The van der Waals surface area contributed by atoms with Gasteiger partial charge in [-0.3, -0.25) is 0 Å². The van der Waals surface area contributed by atoms with Crippen LogP contribution in [-0.2, 0) is 11.3 Å². The zero-order valence-electron chi connectivity index (χ0n) is 9.24. The van der Waals surface area contributed by atoms with Crippen LogP contribution < -0.4 is 11.5 Å². The minimum absolute atomic E-state index is 0.0346. The zero-order chi connectivity index (χ0) is 13.0. The number of hydrogen-bond acceptors (Lipinski definition) is 5. The predicted octanol–water partition coefficient (Wildman–Crippen LogP) is 1.24. The van der Waals surface area contributed by atoms with Gasteiger partial charge in [-0.1, -0.05) is 0 Å². The zero-order valence-corrected chi connectivity index (χ0v) is 9.24. The van der Waals surface area contributed by atoms with E-state index in [4.69, 9.17) is 16.2 Å². The van der Waals surface area contributed by atoms with E-state index in [0.29, 0.717) is 0 Å². The number of aromatic nitrogens is 1. The van der Waals surface area contributed by atoms with Crippen LogP contribution >= 0.6 is 0 Å². The first-order chi connectivity index (χ1) is 8.01. The summed E-state index contributed by atoms with van der Waals surface area (Å²) >= 11 is 0. The molecule has 1 aromatic heterocycles. The molecule has 0 aliphatic heterocycles. The van der Waals surface area contributed by atoms with Crippen LogP contribution in [0.3, 0.4) is 0 Å². The minimum Gasteiger partial charge on any atom is -0.461 e. The van der Waals surface area contributed by atoms with Gasteiger partial charge in [-0.25, -0.2) is 18.6 Å². The average Bonchev–Trinajstić information content (AvgIpc) is 2.28. The Hall–Kier alpha value is -1.76. The molecule has 0 saturated heterocycles. The first-order valence-corrected chi connectivity index (χ1v) is 4.95. The Bertz CT molecular complexity index is 424. The number of carbonyl (C=O) groups is 1. The lowest BCUT2D eigenvalue weighted by Crippen LogP contribution is -2.16. The first kappa shape index (κ1) is 13.3. The summed E-state index contributed by atoms with van der Waals surface area (Å²) in [5.74, 6) is -0.970. The Morgan fingerprint density at radius 3 is 2.71 bits per heavy atom. The molecule has 0 unspecified atom stereocenters. The number of esters is 1. The highest BCUT2D eigenvalue weighted by Crippen LogP contribution is 2.26. The molecule has 0 spiro atoms. The molecule has 0 bridgehead atoms. The number of nitrogens with zero attached hydrogens (tertiary/aromatic N) is 1. The molecule has 0 saturated carbocycles. The van der Waals surface area contributed by atoms with Crippen molar-refractivity contribution in [1.29, 1.82) is 0 Å². The lowest BCUT2D eigenvalue weighted by atomic mass is 10.1. The lowest BCUT2D eigenvalue weighted by molar-refractivity contribution is 0.0517. The van der Waals surface area contributed by atoms with Crippen LogP contribution in [0.5, 0.6) is 0 Å². The highest BCUT2D eigenvalue weighted by molar-refractivity contribution is 5.89. The van der Waals surface area contributed by atoms with Gasteiger partial charge in [0.1, 0.15) is 5.82 Å². The summed E-state index contributed by atoms with van der Waals surface area (Å²) in [6, 6.07) is 1.01. The number of hydrogen-bond donors (Lipinski definition) is 2. The number of ether oxygens (including phenoxy) is 1. The van der Waals surface area contributed by atoms with Gasteiger partial charge in [-0.2, -0.15) is 0 Å². The van der Waals surface area contributed by atoms with E-state index in [2.05, 4.69) is 4.98 Å². The highest BCUT2D eigenvalue weighted by Gasteiger charge is 2.22. The SMILES string of the molecule is CCOC(=O)c1nc(N)cc(C(F)F)c1CN. The van der Waals surface area contributed by atoms with Crippen LogP contribution in [0.15, 0.2) is 6.07 Å². The highest BCUT2D eigenvalue weighted by atomic mass is 19.3. The van der Waals surface area contributed by atoms with Crippen LogP contribution in [0.4, 0.5) is 14.6 Å². The summed E-state index contributed by atoms with van der Waals surface area (Å²) in [5.41, 5.74) is 10.0. The van der Waals surface area contributed by atoms with E-state index in [9.17, 15) is 13.6 Å². The van der Waals surface area contributed by atoms with Crippen molar-refractivity contribution in [3.63, 3.8) is 0 Å². The van der Waals surface area contributed by atoms with E-state index >= 15 is 0 Å². The van der Waals surface area contributed by atoms with Crippen molar-refractivity contribution >= 4 is 11.8 Å². The molecule has 17 heavy (non-hydrogen) atoms. The molecule has 0 aliphatic rings. The van der Waals surface area contributed by atoms with Gasteiger partial charge in [0, 0.05) is 17.7 Å². The van der Waals surface area contributed by atoms with Crippen molar-refractivity contribution in [1.82, 2.24) is 4.98 Å². The number of anilines is 1. The van der Waals surface area contributed by atoms with Crippen LogP contribution in [0, 0.1) is 0 Å². The normalized spacial score (nSPS) is 10.6. The van der Waals surface area contributed by atoms with Crippen molar-refractivity contribution in [3.05, 3.63) is 22.9 Å². The molecule has 94 valence electrons. The summed E-state index contributed by atoms with van der Waals surface area (Å²) in [4.78, 5) is 15.2.